The normalized spacial score (nSPS) is 14.9. The number of hydrogen-bond donors (Lipinski definition) is 2. The molecule has 0 saturated heterocycles. The Morgan fingerprint density at radius 3 is 2.65 bits per heavy atom. The Morgan fingerprint density at radius 1 is 1.17 bits per heavy atom. The molecule has 5 nitrogen and oxygen atoms in total. The number of halogens is 3. The van der Waals surface area contributed by atoms with Gasteiger partial charge in [-0.3, -0.25) is 9.89 Å². The molecule has 0 radical (unpaired) electrons. The predicted molar refractivity (Wildman–Crippen MR) is 77.0 cm³/mol. The molecule has 2 aromatic heterocycles. The van der Waals surface area contributed by atoms with E-state index in [0.717, 1.165) is 55.6 Å². The average Bonchev–Trinajstić information content (AvgIpc) is 2.76. The van der Waals surface area contributed by atoms with Crippen molar-refractivity contribution < 1.29 is 18.0 Å². The van der Waals surface area contributed by atoms with Crippen molar-refractivity contribution in [2.75, 3.05) is 5.32 Å². The van der Waals surface area contributed by atoms with E-state index in [1.54, 1.807) is 0 Å². The van der Waals surface area contributed by atoms with Crippen molar-refractivity contribution in [1.82, 2.24) is 15.2 Å². The first-order valence-electron chi connectivity index (χ1n) is 7.36. The second kappa shape index (κ2) is 6.02. The number of carbonyl (C=O) groups excluding carboxylic acids is 1. The molecule has 1 aliphatic carbocycles. The van der Waals surface area contributed by atoms with Gasteiger partial charge in [-0.05, 0) is 37.8 Å². The number of rotatable bonds is 2. The van der Waals surface area contributed by atoms with Gasteiger partial charge in [0.25, 0.3) is 5.91 Å². The van der Waals surface area contributed by atoms with Gasteiger partial charge >= 0.3 is 6.18 Å². The Balaban J connectivity index is 1.76. The first-order chi connectivity index (χ1) is 10.9. The first-order valence-corrected chi connectivity index (χ1v) is 7.36. The number of alkyl halides is 3. The molecule has 2 heterocycles. The van der Waals surface area contributed by atoms with Crippen LogP contribution in [0.5, 0.6) is 0 Å². The number of H-pyrrole nitrogens is 1. The fourth-order valence-electron chi connectivity index (χ4n) is 2.67. The zero-order valence-electron chi connectivity index (χ0n) is 12.2. The second-order valence-electron chi connectivity index (χ2n) is 5.47. The monoisotopic (exact) mass is 324 g/mol. The van der Waals surface area contributed by atoms with E-state index in [9.17, 15) is 18.0 Å². The number of nitrogens with one attached hydrogen (secondary N) is 2. The molecule has 3 rings (SSSR count). The number of hydrogen-bond acceptors (Lipinski definition) is 3. The SMILES string of the molecule is O=C(Nc1ccc(C(F)(F)F)nc1)c1n[nH]c2c1CCCCC2. The van der Waals surface area contributed by atoms with Crippen LogP contribution in [0.2, 0.25) is 0 Å². The van der Waals surface area contributed by atoms with Gasteiger partial charge in [-0.25, -0.2) is 4.98 Å². The molecule has 8 heteroatoms. The number of carbonyl (C=O) groups is 1. The molecule has 0 atom stereocenters. The molecule has 1 amide bonds. The molecule has 23 heavy (non-hydrogen) atoms. The van der Waals surface area contributed by atoms with Gasteiger partial charge < -0.3 is 5.32 Å². The van der Waals surface area contributed by atoms with Gasteiger partial charge in [0, 0.05) is 11.3 Å². The Bertz CT molecular complexity index is 707. The number of anilines is 1. The maximum absolute atomic E-state index is 12.5. The smallest absolute Gasteiger partial charge is 0.319 e. The highest BCUT2D eigenvalue weighted by Crippen LogP contribution is 2.28. The van der Waals surface area contributed by atoms with E-state index in [1.807, 2.05) is 0 Å². The van der Waals surface area contributed by atoms with E-state index >= 15 is 0 Å². The van der Waals surface area contributed by atoms with Crippen LogP contribution in [-0.2, 0) is 19.0 Å². The lowest BCUT2D eigenvalue weighted by atomic mass is 10.1. The standard InChI is InChI=1S/C15H15F3N4O/c16-15(17,18)12-7-6-9(8-19-12)20-14(23)13-10-4-2-1-3-5-11(10)21-22-13/h6-8H,1-5H2,(H,20,23)(H,21,22). The van der Waals surface area contributed by atoms with Crippen LogP contribution in [0, 0.1) is 0 Å². The molecule has 0 aromatic carbocycles. The lowest BCUT2D eigenvalue weighted by molar-refractivity contribution is -0.141. The Kier molecular flexibility index (Phi) is 4.06. The summed E-state index contributed by atoms with van der Waals surface area (Å²) < 4.78 is 37.4. The van der Waals surface area contributed by atoms with Gasteiger partial charge in [-0.2, -0.15) is 18.3 Å². The summed E-state index contributed by atoms with van der Waals surface area (Å²) in [5.74, 6) is -0.439. The zero-order chi connectivity index (χ0) is 16.4. The van der Waals surface area contributed by atoms with Gasteiger partial charge in [0.05, 0.1) is 11.9 Å². The summed E-state index contributed by atoms with van der Waals surface area (Å²) in [5, 5.41) is 9.48. The molecule has 0 saturated carbocycles. The molecule has 0 aliphatic heterocycles. The number of amides is 1. The summed E-state index contributed by atoms with van der Waals surface area (Å²) in [5.41, 5.74) is 1.39. The number of aryl methyl sites for hydroxylation is 1. The van der Waals surface area contributed by atoms with Crippen molar-refractivity contribution in [3.8, 4) is 0 Å². The highest BCUT2D eigenvalue weighted by Gasteiger charge is 2.32. The topological polar surface area (TPSA) is 70.7 Å². The largest absolute Gasteiger partial charge is 0.433 e. The molecule has 0 bridgehead atoms. The average molecular weight is 324 g/mol. The lowest BCUT2D eigenvalue weighted by Gasteiger charge is -2.08. The molecular weight excluding hydrogens is 309 g/mol. The van der Waals surface area contributed by atoms with Crippen molar-refractivity contribution in [3.63, 3.8) is 0 Å². The Morgan fingerprint density at radius 2 is 1.96 bits per heavy atom. The van der Waals surface area contributed by atoms with E-state index in [4.69, 9.17) is 0 Å². The third-order valence-corrected chi connectivity index (χ3v) is 3.83. The number of fused-ring (bicyclic) bond motifs is 1. The molecule has 0 spiro atoms. The second-order valence-corrected chi connectivity index (χ2v) is 5.47. The third kappa shape index (κ3) is 3.35. The molecule has 1 aliphatic rings. The van der Waals surface area contributed by atoms with Crippen LogP contribution >= 0.6 is 0 Å². The van der Waals surface area contributed by atoms with Gasteiger partial charge in [0.1, 0.15) is 5.69 Å². The number of pyridine rings is 1. The van der Waals surface area contributed by atoms with Gasteiger partial charge in [-0.1, -0.05) is 6.42 Å². The summed E-state index contributed by atoms with van der Waals surface area (Å²) in [6, 6.07) is 2.01. The van der Waals surface area contributed by atoms with Crippen LogP contribution in [-0.4, -0.2) is 21.1 Å². The van der Waals surface area contributed by atoms with Crippen molar-refractivity contribution >= 4 is 11.6 Å². The van der Waals surface area contributed by atoms with Crippen LogP contribution in [0.1, 0.15) is 46.7 Å². The van der Waals surface area contributed by atoms with Gasteiger partial charge in [-0.15, -0.1) is 0 Å². The number of nitrogens with zero attached hydrogens (tertiary/aromatic N) is 2. The van der Waals surface area contributed by atoms with Gasteiger partial charge in [0.2, 0.25) is 0 Å². The summed E-state index contributed by atoms with van der Waals surface area (Å²) >= 11 is 0. The summed E-state index contributed by atoms with van der Waals surface area (Å²) in [6.07, 6.45) is 1.28. The lowest BCUT2D eigenvalue weighted by Crippen LogP contribution is -2.15. The van der Waals surface area contributed by atoms with Crippen LogP contribution in [0.15, 0.2) is 18.3 Å². The van der Waals surface area contributed by atoms with Crippen molar-refractivity contribution in [3.05, 3.63) is 41.0 Å². The van der Waals surface area contributed by atoms with Crippen molar-refractivity contribution in [2.24, 2.45) is 0 Å². The predicted octanol–water partition coefficient (Wildman–Crippen LogP) is 3.34. The van der Waals surface area contributed by atoms with E-state index < -0.39 is 17.8 Å². The van der Waals surface area contributed by atoms with Crippen molar-refractivity contribution in [1.29, 1.82) is 0 Å². The minimum absolute atomic E-state index is 0.202. The van der Waals surface area contributed by atoms with Crippen LogP contribution in [0.3, 0.4) is 0 Å². The highest BCUT2D eigenvalue weighted by molar-refractivity contribution is 6.03. The zero-order valence-corrected chi connectivity index (χ0v) is 12.2. The molecule has 2 aromatic rings. The van der Waals surface area contributed by atoms with E-state index in [-0.39, 0.29) is 5.69 Å². The number of aromatic nitrogens is 3. The number of aromatic amines is 1. The first kappa shape index (κ1) is 15.5. The minimum Gasteiger partial charge on any atom is -0.319 e. The maximum atomic E-state index is 12.5. The summed E-state index contributed by atoms with van der Waals surface area (Å²) in [7, 11) is 0. The molecular formula is C15H15F3N4O. The Hall–Kier alpha value is -2.38. The molecule has 0 unspecified atom stereocenters. The van der Waals surface area contributed by atoms with Crippen molar-refractivity contribution in [2.45, 2.75) is 38.3 Å². The molecule has 122 valence electrons. The van der Waals surface area contributed by atoms with Gasteiger partial charge in [0.15, 0.2) is 5.69 Å². The quantitative estimate of drug-likeness (QED) is 0.832. The minimum atomic E-state index is -4.50. The Labute approximate surface area is 130 Å². The fraction of sp³-hybridized carbons (Fsp3) is 0.400. The van der Waals surface area contributed by atoms with E-state index in [0.29, 0.717) is 5.69 Å². The molecule has 0 fully saturated rings. The van der Waals surface area contributed by atoms with E-state index in [1.165, 1.54) is 6.07 Å². The third-order valence-electron chi connectivity index (χ3n) is 3.83. The molecule has 2 N–H and O–H groups in total. The van der Waals surface area contributed by atoms with Crippen LogP contribution in [0.25, 0.3) is 0 Å². The van der Waals surface area contributed by atoms with E-state index in [2.05, 4.69) is 20.5 Å². The van der Waals surface area contributed by atoms with Crippen LogP contribution < -0.4 is 5.32 Å². The van der Waals surface area contributed by atoms with Crippen LogP contribution in [0.4, 0.5) is 18.9 Å². The summed E-state index contributed by atoms with van der Waals surface area (Å²) in [4.78, 5) is 15.6. The fourth-order valence-corrected chi connectivity index (χ4v) is 2.67. The summed E-state index contributed by atoms with van der Waals surface area (Å²) in [6.45, 7) is 0. The maximum Gasteiger partial charge on any atom is 0.433 e. The highest BCUT2D eigenvalue weighted by atomic mass is 19.4.